The van der Waals surface area contributed by atoms with Gasteiger partial charge in [-0.15, -0.1) is 0 Å². The van der Waals surface area contributed by atoms with Crippen LogP contribution >= 0.6 is 0 Å². The fourth-order valence-electron chi connectivity index (χ4n) is 9.34. The molecular weight excluding hydrogens is 777 g/mol. The average molecular weight is 833 g/mol. The number of aromatic amines is 2. The van der Waals surface area contributed by atoms with Crippen molar-refractivity contribution in [3.63, 3.8) is 0 Å². The highest BCUT2D eigenvalue weighted by Crippen LogP contribution is 2.27. The fourth-order valence-corrected chi connectivity index (χ4v) is 9.34. The third-order valence-electron chi connectivity index (χ3n) is 12.7. The summed E-state index contributed by atoms with van der Waals surface area (Å²) < 4.78 is 1.73. The summed E-state index contributed by atoms with van der Waals surface area (Å²) in [7, 11) is 0. The number of urea groups is 1. The number of pyridine rings is 2. The van der Waals surface area contributed by atoms with Crippen LogP contribution in [0, 0.1) is 12.8 Å². The zero-order valence-corrected chi connectivity index (χ0v) is 35.0. The van der Waals surface area contributed by atoms with E-state index in [0.29, 0.717) is 83.7 Å². The van der Waals surface area contributed by atoms with Gasteiger partial charge < -0.3 is 30.2 Å². The molecule has 0 radical (unpaired) electrons. The van der Waals surface area contributed by atoms with Crippen molar-refractivity contribution in [2.24, 2.45) is 5.92 Å². The number of carbonyl (C=O) groups is 4. The van der Waals surface area contributed by atoms with Gasteiger partial charge in [-0.2, -0.15) is 5.10 Å². The van der Waals surface area contributed by atoms with E-state index in [1.807, 2.05) is 54.0 Å². The van der Waals surface area contributed by atoms with Gasteiger partial charge in [-0.1, -0.05) is 13.0 Å². The molecule has 2 atom stereocenters. The van der Waals surface area contributed by atoms with E-state index in [2.05, 4.69) is 40.7 Å². The first-order valence-electron chi connectivity index (χ1n) is 21.7. The Morgan fingerprint density at radius 3 is 2.33 bits per heavy atom. The molecule has 322 valence electrons. The summed E-state index contributed by atoms with van der Waals surface area (Å²) in [5, 5.41) is 14.3. The van der Waals surface area contributed by atoms with E-state index in [0.717, 1.165) is 52.5 Å². The van der Waals surface area contributed by atoms with Gasteiger partial charge in [-0.3, -0.25) is 34.0 Å². The monoisotopic (exact) mass is 832 g/mol. The van der Waals surface area contributed by atoms with Crippen molar-refractivity contribution in [1.82, 2.24) is 55.0 Å². The lowest BCUT2D eigenvalue weighted by atomic mass is 9.89. The Labute approximate surface area is 354 Å². The third kappa shape index (κ3) is 9.40. The molecule has 5 aromatic rings. The molecule has 3 aliphatic rings. The van der Waals surface area contributed by atoms with Crippen LogP contribution < -0.4 is 21.2 Å². The number of imidazole rings is 1. The lowest BCUT2D eigenvalue weighted by molar-refractivity contribution is -0.138. The van der Waals surface area contributed by atoms with Crippen LogP contribution in [0.15, 0.2) is 66.0 Å². The molecule has 2 unspecified atom stereocenters. The lowest BCUT2D eigenvalue weighted by Gasteiger charge is -2.39. The Morgan fingerprint density at radius 2 is 1.59 bits per heavy atom. The van der Waals surface area contributed by atoms with Gasteiger partial charge in [0, 0.05) is 101 Å². The molecule has 3 fully saturated rings. The number of H-pyrrole nitrogens is 2. The first-order chi connectivity index (χ1) is 29.6. The summed E-state index contributed by atoms with van der Waals surface area (Å²) in [6.45, 7) is 8.28. The van der Waals surface area contributed by atoms with Gasteiger partial charge >= 0.3 is 11.7 Å². The number of aromatic nitrogens is 6. The van der Waals surface area contributed by atoms with Crippen molar-refractivity contribution in [2.45, 2.75) is 83.3 Å². The molecule has 0 spiro atoms. The van der Waals surface area contributed by atoms with E-state index >= 15 is 0 Å². The number of carbonyl (C=O) groups excluding carboxylic acids is 4. The molecule has 1 aromatic carbocycles. The molecule has 3 aliphatic heterocycles. The van der Waals surface area contributed by atoms with E-state index in [-0.39, 0.29) is 41.9 Å². The average Bonchev–Trinajstić information content (AvgIpc) is 3.90. The van der Waals surface area contributed by atoms with Crippen LogP contribution in [0.1, 0.15) is 69.0 Å². The molecule has 17 heteroatoms. The molecular formula is C44H56N12O5. The van der Waals surface area contributed by atoms with Crippen LogP contribution in [-0.4, -0.2) is 133 Å². The van der Waals surface area contributed by atoms with Gasteiger partial charge in [-0.25, -0.2) is 14.6 Å². The molecule has 3 saturated heterocycles. The van der Waals surface area contributed by atoms with Crippen LogP contribution in [0.5, 0.6) is 0 Å². The molecule has 4 aromatic heterocycles. The van der Waals surface area contributed by atoms with Crippen LogP contribution in [0.3, 0.4) is 0 Å². The van der Waals surface area contributed by atoms with Crippen molar-refractivity contribution in [2.75, 3.05) is 57.3 Å². The number of likely N-dealkylation sites (tertiary alicyclic amines) is 2. The standard InChI is InChI=1S/C44H56N12O5/c1-3-5-38(57)53-16-9-30(10-17-53)26-36(42(59)54-22-20-52(21-23-54)33-7-14-45-15-8-33)48-41(58)35(27-31-24-29(2)39-32(25-31)28-47-51-39)49-43(60)55-18-11-34(12-19-55)56-37-6-4-13-46-40(37)50-44(56)61/h4,6-8,13-15,24-25,28,30,34-36H,3,5,9-12,16-23,26-27H2,1-2H3,(H,47,51)(H,48,58)(H,49,60)(H,46,50,61). The Kier molecular flexibility index (Phi) is 12.6. The predicted octanol–water partition coefficient (Wildman–Crippen LogP) is 3.52. The topological polar surface area (TPSA) is 198 Å². The molecule has 17 nitrogen and oxygen atoms in total. The summed E-state index contributed by atoms with van der Waals surface area (Å²) >= 11 is 0. The lowest BCUT2D eigenvalue weighted by Crippen LogP contribution is -2.59. The predicted molar refractivity (Wildman–Crippen MR) is 231 cm³/mol. The number of piperazine rings is 1. The van der Waals surface area contributed by atoms with Crippen molar-refractivity contribution >= 4 is 51.5 Å². The minimum Gasteiger partial charge on any atom is -0.368 e. The van der Waals surface area contributed by atoms with Crippen molar-refractivity contribution in [1.29, 1.82) is 0 Å². The molecule has 0 aliphatic carbocycles. The molecule has 0 saturated carbocycles. The number of hydrogen-bond donors (Lipinski definition) is 4. The number of nitrogens with zero attached hydrogens (tertiary/aromatic N) is 8. The van der Waals surface area contributed by atoms with E-state index < -0.39 is 18.0 Å². The largest absolute Gasteiger partial charge is 0.368 e. The van der Waals surface area contributed by atoms with Gasteiger partial charge in [0.2, 0.25) is 17.7 Å². The van der Waals surface area contributed by atoms with Crippen LogP contribution in [0.25, 0.3) is 22.1 Å². The molecule has 5 amide bonds. The first-order valence-corrected chi connectivity index (χ1v) is 21.7. The number of fused-ring (bicyclic) bond motifs is 2. The number of rotatable bonds is 12. The smallest absolute Gasteiger partial charge is 0.327 e. The van der Waals surface area contributed by atoms with Crippen LogP contribution in [0.4, 0.5) is 10.5 Å². The van der Waals surface area contributed by atoms with Crippen LogP contribution in [-0.2, 0) is 20.8 Å². The molecule has 8 rings (SSSR count). The summed E-state index contributed by atoms with van der Waals surface area (Å²) in [6, 6.07) is 9.23. The van der Waals surface area contributed by atoms with Gasteiger partial charge in [0.15, 0.2) is 5.65 Å². The van der Waals surface area contributed by atoms with Crippen molar-refractivity contribution < 1.29 is 19.2 Å². The fraction of sp³-hybridized carbons (Fsp3) is 0.500. The summed E-state index contributed by atoms with van der Waals surface area (Å²) in [4.78, 5) is 87.8. The second-order valence-corrected chi connectivity index (χ2v) is 16.7. The zero-order chi connectivity index (χ0) is 42.5. The van der Waals surface area contributed by atoms with E-state index in [4.69, 9.17) is 0 Å². The molecule has 0 bridgehead atoms. The normalized spacial score (nSPS) is 17.7. The highest BCUT2D eigenvalue weighted by atomic mass is 16.2. The highest BCUT2D eigenvalue weighted by molar-refractivity contribution is 5.92. The minimum atomic E-state index is -0.997. The number of hydrogen-bond acceptors (Lipinski definition) is 9. The van der Waals surface area contributed by atoms with Gasteiger partial charge in [0.05, 0.1) is 17.2 Å². The second kappa shape index (κ2) is 18.6. The maximum absolute atomic E-state index is 14.7. The Bertz CT molecular complexity index is 2390. The van der Waals surface area contributed by atoms with Gasteiger partial charge in [0.1, 0.15) is 12.1 Å². The second-order valence-electron chi connectivity index (χ2n) is 16.7. The minimum absolute atomic E-state index is 0.117. The number of piperidine rings is 2. The van der Waals surface area contributed by atoms with Crippen molar-refractivity contribution in [3.05, 3.63) is 82.8 Å². The van der Waals surface area contributed by atoms with Crippen LogP contribution in [0.2, 0.25) is 0 Å². The van der Waals surface area contributed by atoms with E-state index in [1.165, 1.54) is 0 Å². The van der Waals surface area contributed by atoms with E-state index in [9.17, 15) is 24.0 Å². The maximum atomic E-state index is 14.7. The first kappa shape index (κ1) is 41.5. The number of anilines is 1. The third-order valence-corrected chi connectivity index (χ3v) is 12.7. The Morgan fingerprint density at radius 1 is 0.852 bits per heavy atom. The van der Waals surface area contributed by atoms with Gasteiger partial charge in [-0.05, 0) is 92.8 Å². The Hall–Kier alpha value is -6.26. The maximum Gasteiger partial charge on any atom is 0.327 e. The number of aryl methyl sites for hydroxylation is 1. The summed E-state index contributed by atoms with van der Waals surface area (Å²) in [6.07, 6.45) is 11.4. The molecule has 4 N–H and O–H groups in total. The number of benzene rings is 1. The quantitative estimate of drug-likeness (QED) is 0.145. The van der Waals surface area contributed by atoms with Gasteiger partial charge in [0.25, 0.3) is 0 Å². The molecule has 7 heterocycles. The summed E-state index contributed by atoms with van der Waals surface area (Å²) in [5.41, 5.74) is 4.79. The highest BCUT2D eigenvalue weighted by Gasteiger charge is 2.36. The van der Waals surface area contributed by atoms with E-state index in [1.54, 1.807) is 40.3 Å². The summed E-state index contributed by atoms with van der Waals surface area (Å²) in [5.74, 6) is -0.295. The number of nitrogens with one attached hydrogen (secondary N) is 4. The molecule has 61 heavy (non-hydrogen) atoms. The van der Waals surface area contributed by atoms with Crippen molar-refractivity contribution in [3.8, 4) is 0 Å². The number of amides is 5. The SMILES string of the molecule is CCCC(=O)N1CCC(CC(NC(=O)C(Cc2cc(C)c3[nH]ncc3c2)NC(=O)N2CCC(n3c(=O)[nH]c4ncccc43)CC2)C(=O)N2CCN(c3ccncc3)CC2)CC1. The zero-order valence-electron chi connectivity index (χ0n) is 35.0. The Balaban J connectivity index is 0.995.